The third kappa shape index (κ3) is 7.79. The van der Waals surface area contributed by atoms with Crippen LogP contribution >= 0.6 is 0 Å². The van der Waals surface area contributed by atoms with E-state index < -0.39 is 12.5 Å². The van der Waals surface area contributed by atoms with Crippen LogP contribution in [0.3, 0.4) is 0 Å². The highest BCUT2D eigenvalue weighted by Gasteiger charge is 2.46. The van der Waals surface area contributed by atoms with E-state index in [0.29, 0.717) is 36.7 Å². The van der Waals surface area contributed by atoms with E-state index in [1.54, 1.807) is 6.20 Å². The van der Waals surface area contributed by atoms with Crippen LogP contribution in [-0.4, -0.2) is 75.4 Å². The van der Waals surface area contributed by atoms with Crippen molar-refractivity contribution in [3.63, 3.8) is 0 Å². The number of aromatic nitrogens is 2. The zero-order valence-corrected chi connectivity index (χ0v) is 38.4. The lowest BCUT2D eigenvalue weighted by molar-refractivity contribution is -0.755. The van der Waals surface area contributed by atoms with Crippen molar-refractivity contribution < 1.29 is 24.1 Å². The second kappa shape index (κ2) is 18.1. The Labute approximate surface area is 400 Å². The second-order valence-electron chi connectivity index (χ2n) is 18.1. The van der Waals surface area contributed by atoms with Crippen LogP contribution in [0.4, 0.5) is 5.69 Å². The van der Waals surface area contributed by atoms with E-state index in [1.165, 1.54) is 6.21 Å². The molecule has 0 spiro atoms. The van der Waals surface area contributed by atoms with Crippen LogP contribution < -0.4 is 35.7 Å². The Balaban J connectivity index is 0.779. The predicted molar refractivity (Wildman–Crippen MR) is 272 cm³/mol. The zero-order valence-electron chi connectivity index (χ0n) is 38.4. The van der Waals surface area contributed by atoms with Crippen LogP contribution in [0.15, 0.2) is 166 Å². The minimum atomic E-state index is -0.504. The fraction of sp³-hybridized carbons (Fsp3) is 0.273. The lowest BCUT2D eigenvalue weighted by atomic mass is 9.98. The van der Waals surface area contributed by atoms with Crippen molar-refractivity contribution >= 4 is 61.9 Å². The van der Waals surface area contributed by atoms with Gasteiger partial charge in [0.2, 0.25) is 6.29 Å². The van der Waals surface area contributed by atoms with Gasteiger partial charge < -0.3 is 39.6 Å². The van der Waals surface area contributed by atoms with E-state index in [2.05, 4.69) is 117 Å². The molecule has 14 heteroatoms. The molecular weight excluding hydrogens is 865 g/mol. The monoisotopic (exact) mass is 919 g/mol. The molecular formula is C55H55N10O4+. The Morgan fingerprint density at radius 3 is 2.75 bits per heavy atom. The van der Waals surface area contributed by atoms with Gasteiger partial charge in [-0.2, -0.15) is 5.43 Å². The Hall–Kier alpha value is -7.68. The minimum absolute atomic E-state index is 0.0367. The van der Waals surface area contributed by atoms with Crippen molar-refractivity contribution in [3.05, 3.63) is 157 Å². The number of furan rings is 1. The number of aliphatic imine (C=N–C) groups is 2. The van der Waals surface area contributed by atoms with E-state index in [-0.39, 0.29) is 24.3 Å². The molecule has 0 saturated carbocycles. The molecule has 0 bridgehead atoms. The van der Waals surface area contributed by atoms with E-state index in [9.17, 15) is 0 Å². The largest absolute Gasteiger partial charge is 0.455 e. The van der Waals surface area contributed by atoms with Crippen LogP contribution in [0, 0.1) is 5.41 Å². The van der Waals surface area contributed by atoms with E-state index >= 15 is 0 Å². The van der Waals surface area contributed by atoms with Crippen LogP contribution in [-0.2, 0) is 6.42 Å². The summed E-state index contributed by atoms with van der Waals surface area (Å²) in [7, 11) is 0. The van der Waals surface area contributed by atoms with Gasteiger partial charge in [-0.25, -0.2) is 15.4 Å². The number of allylic oxidation sites excluding steroid dienone is 5. The lowest BCUT2D eigenvalue weighted by Gasteiger charge is -2.36. The van der Waals surface area contributed by atoms with Gasteiger partial charge in [0.05, 0.1) is 53.4 Å². The van der Waals surface area contributed by atoms with Crippen LogP contribution in [0.5, 0.6) is 17.4 Å². The van der Waals surface area contributed by atoms with Crippen LogP contribution in [0.2, 0.25) is 0 Å². The first kappa shape index (κ1) is 42.7. The number of nitrogens with zero attached hydrogens (tertiary/aromatic N) is 6. The highest BCUT2D eigenvalue weighted by molar-refractivity contribution is 6.17. The van der Waals surface area contributed by atoms with Crippen LogP contribution in [0.25, 0.3) is 38.6 Å². The highest BCUT2D eigenvalue weighted by Crippen LogP contribution is 2.42. The second-order valence-corrected chi connectivity index (χ2v) is 18.1. The summed E-state index contributed by atoms with van der Waals surface area (Å²) in [4.78, 5) is 20.5. The molecule has 348 valence electrons. The normalized spacial score (nSPS) is 24.0. The number of nitrogens with two attached hydrogens (primary N) is 2. The van der Waals surface area contributed by atoms with Crippen molar-refractivity contribution in [2.75, 3.05) is 11.4 Å². The van der Waals surface area contributed by atoms with Crippen molar-refractivity contribution in [1.29, 1.82) is 5.41 Å². The molecule has 12 rings (SSSR count). The molecule has 6 unspecified atom stereocenters. The summed E-state index contributed by atoms with van der Waals surface area (Å²) in [6.45, 7) is 2.62. The van der Waals surface area contributed by atoms with Gasteiger partial charge in [-0.05, 0) is 98.6 Å². The summed E-state index contributed by atoms with van der Waals surface area (Å²) in [6, 6.07) is 26.6. The molecule has 1 saturated heterocycles. The Morgan fingerprint density at radius 1 is 0.986 bits per heavy atom. The predicted octanol–water partition coefficient (Wildman–Crippen LogP) is 8.44. The molecule has 5 aliphatic heterocycles. The smallest absolute Gasteiger partial charge is 0.287 e. The number of benzene rings is 3. The number of nitrogens with one attached hydrogen (secondary N) is 2. The maximum atomic E-state index is 7.54. The number of anilines is 1. The lowest BCUT2D eigenvalue weighted by Crippen LogP contribution is -3.00. The number of fused-ring (bicyclic) bond motifs is 8. The van der Waals surface area contributed by atoms with E-state index in [1.807, 2.05) is 48.7 Å². The first-order chi connectivity index (χ1) is 34.0. The summed E-state index contributed by atoms with van der Waals surface area (Å²) >= 11 is 0. The first-order valence-electron chi connectivity index (χ1n) is 24.2. The Kier molecular flexibility index (Phi) is 11.2. The standard InChI is InChI=1S/C55H54N10O4/c1-2-10-36(24-25-56)65-43-18-16-39(33-41(43)40-15-9-27-58-55(40)65)66-51-31-34-29-48-35(30-47(34)67-51)32-52(68-48)69-50-23-21-46-54(61-50)53-45(63(46)37-11-5-3-6-12-37)19-17-42(60-53)44-20-22-49(62-59-28-26-57)64(44)38-13-7-4-8-14-38/h3,5-7,9-13,15-21,24-27,29-30,32-33,38,45,49-51,53,57,59,62H,2,4,8,14,22-23,28,31,56H2,1H3/p+1. The van der Waals surface area contributed by atoms with Crippen molar-refractivity contribution in [2.24, 2.45) is 15.7 Å². The molecule has 0 radical (unpaired) electrons. The summed E-state index contributed by atoms with van der Waals surface area (Å²) in [5.74, 6) is 1.87. The molecule has 6 N–H and O–H groups in total. The molecule has 3 aromatic heterocycles. The number of pyridine rings is 1. The average molecular weight is 920 g/mol. The molecule has 14 nitrogen and oxygen atoms in total. The number of ether oxygens (including phenoxy) is 3. The number of hydrogen-bond donors (Lipinski definition) is 4. The van der Waals surface area contributed by atoms with Gasteiger partial charge in [0.1, 0.15) is 28.8 Å². The molecule has 0 amide bonds. The van der Waals surface area contributed by atoms with Gasteiger partial charge in [-0.15, -0.1) is 0 Å². The summed E-state index contributed by atoms with van der Waals surface area (Å²) in [6.07, 6.45) is 28.0. The zero-order chi connectivity index (χ0) is 46.4. The third-order valence-electron chi connectivity index (χ3n) is 13.8. The Morgan fingerprint density at radius 2 is 1.90 bits per heavy atom. The van der Waals surface area contributed by atoms with Crippen molar-refractivity contribution in [3.8, 4) is 17.4 Å². The first-order valence-corrected chi connectivity index (χ1v) is 24.2. The average Bonchev–Trinajstić information content (AvgIpc) is 4.21. The number of quaternary nitrogens is 1. The van der Waals surface area contributed by atoms with Gasteiger partial charge in [0.25, 0.3) is 5.95 Å². The third-order valence-corrected chi connectivity index (χ3v) is 13.8. The maximum absolute atomic E-state index is 7.54. The fourth-order valence-electron chi connectivity index (χ4n) is 10.9. The van der Waals surface area contributed by atoms with E-state index in [0.717, 1.165) is 105 Å². The number of rotatable bonds is 14. The number of dihydropyridines is 2. The molecule has 1 fully saturated rings. The van der Waals surface area contributed by atoms with Gasteiger partial charge in [-0.3, -0.25) is 9.56 Å². The van der Waals surface area contributed by atoms with Crippen molar-refractivity contribution in [2.45, 2.75) is 88.7 Å². The van der Waals surface area contributed by atoms with Crippen LogP contribution in [0.1, 0.15) is 51.0 Å². The van der Waals surface area contributed by atoms with Gasteiger partial charge in [-0.1, -0.05) is 61.6 Å². The topological polar surface area (TPSA) is 168 Å². The maximum Gasteiger partial charge on any atom is 0.287 e. The molecule has 6 aliphatic rings. The molecule has 6 atom stereocenters. The summed E-state index contributed by atoms with van der Waals surface area (Å²) in [5, 5.41) is 10.5. The minimum Gasteiger partial charge on any atom is -0.455 e. The summed E-state index contributed by atoms with van der Waals surface area (Å²) in [5.41, 5.74) is 21.1. The number of para-hydroxylation sites is 1. The molecule has 1 aliphatic carbocycles. The molecule has 3 aromatic carbocycles. The SMILES string of the molecule is CCC=C(C=CN)n1c2ccc(OC3Cc4cc5oc(OC6CC=C7C(=N6)C6N=C(C8=CCC([NH2+]NCC=N)N8C8C=CCCC8)C=CC6N7c6ccccc6)cc5cc4O3)cc2c2cccnc21. The summed E-state index contributed by atoms with van der Waals surface area (Å²) < 4.78 is 28.0. The highest BCUT2D eigenvalue weighted by atomic mass is 16.7. The molecule has 69 heavy (non-hydrogen) atoms. The van der Waals surface area contributed by atoms with Crippen molar-refractivity contribution in [1.82, 2.24) is 19.9 Å². The fourth-order valence-corrected chi connectivity index (χ4v) is 10.9. The molecule has 6 aromatic rings. The quantitative estimate of drug-likeness (QED) is 0.0209. The Bertz CT molecular complexity index is 3190. The molecule has 8 heterocycles. The van der Waals surface area contributed by atoms with Gasteiger partial charge in [0, 0.05) is 64.4 Å². The van der Waals surface area contributed by atoms with Gasteiger partial charge in [0.15, 0.2) is 12.4 Å². The van der Waals surface area contributed by atoms with Gasteiger partial charge >= 0.3 is 0 Å². The van der Waals surface area contributed by atoms with E-state index in [4.69, 9.17) is 44.7 Å². The number of hydrogen-bond acceptors (Lipinski definition) is 12.